The first kappa shape index (κ1) is 23.1. The molecule has 3 aromatic rings. The molecule has 4 rings (SSSR count). The Morgan fingerprint density at radius 2 is 1.62 bits per heavy atom. The van der Waals surface area contributed by atoms with E-state index in [0.717, 1.165) is 16.8 Å². The summed E-state index contributed by atoms with van der Waals surface area (Å²) < 4.78 is 5.60. The van der Waals surface area contributed by atoms with Gasteiger partial charge in [0.1, 0.15) is 11.4 Å². The number of benzene rings is 3. The minimum atomic E-state index is -0.391. The molecule has 0 saturated heterocycles. The fraction of sp³-hybridized carbons (Fsp3) is 0.214. The molecule has 1 aliphatic rings. The molecular weight excluding hydrogens is 426 g/mol. The van der Waals surface area contributed by atoms with Crippen LogP contribution >= 0.6 is 0 Å². The summed E-state index contributed by atoms with van der Waals surface area (Å²) in [5.74, 6) is -0.0549. The van der Waals surface area contributed by atoms with Crippen molar-refractivity contribution in [2.24, 2.45) is 0 Å². The zero-order chi connectivity index (χ0) is 24.4. The second kappa shape index (κ2) is 9.43. The Labute approximate surface area is 200 Å². The third-order valence-corrected chi connectivity index (χ3v) is 5.92. The van der Waals surface area contributed by atoms with Crippen LogP contribution in [0.1, 0.15) is 23.6 Å². The van der Waals surface area contributed by atoms with E-state index in [1.165, 1.54) is 4.90 Å². The molecule has 0 bridgehead atoms. The average molecular weight is 456 g/mol. The summed E-state index contributed by atoms with van der Waals surface area (Å²) in [6, 6.07) is 20.6. The van der Waals surface area contributed by atoms with Crippen LogP contribution in [0, 0.1) is 13.8 Å². The Hall–Kier alpha value is -4.06. The number of anilines is 3. The molecule has 0 unspecified atom stereocenters. The van der Waals surface area contributed by atoms with Gasteiger partial charge in [-0.25, -0.2) is 4.90 Å². The lowest BCUT2D eigenvalue weighted by atomic mass is 9.99. The number of hydrogen-bond donors (Lipinski definition) is 1. The van der Waals surface area contributed by atoms with E-state index in [1.54, 1.807) is 12.1 Å². The van der Waals surface area contributed by atoms with Gasteiger partial charge in [-0.2, -0.15) is 0 Å². The Balaban J connectivity index is 1.79. The molecule has 1 aliphatic heterocycles. The molecule has 6 heteroatoms. The zero-order valence-corrected chi connectivity index (χ0v) is 20.2. The van der Waals surface area contributed by atoms with Crippen molar-refractivity contribution in [3.63, 3.8) is 0 Å². The van der Waals surface area contributed by atoms with Gasteiger partial charge in [0.15, 0.2) is 0 Å². The van der Waals surface area contributed by atoms with Crippen LogP contribution in [-0.4, -0.2) is 32.5 Å². The number of imide groups is 1. The number of aryl methyl sites for hydroxylation is 2. The van der Waals surface area contributed by atoms with Crippen molar-refractivity contribution >= 4 is 34.4 Å². The molecule has 174 valence electrons. The number of ether oxygens (including phenoxy) is 1. The number of carbonyl (C=O) groups is 2. The number of nitrogens with zero attached hydrogens (tertiary/aromatic N) is 2. The van der Waals surface area contributed by atoms with Gasteiger partial charge >= 0.3 is 0 Å². The van der Waals surface area contributed by atoms with Crippen molar-refractivity contribution in [1.82, 2.24) is 0 Å². The normalized spacial score (nSPS) is 13.5. The van der Waals surface area contributed by atoms with Crippen molar-refractivity contribution in [1.29, 1.82) is 0 Å². The van der Waals surface area contributed by atoms with Crippen LogP contribution in [0.2, 0.25) is 0 Å². The van der Waals surface area contributed by atoms with Gasteiger partial charge in [-0.1, -0.05) is 24.3 Å². The number of hydrogen-bond acceptors (Lipinski definition) is 5. The zero-order valence-electron chi connectivity index (χ0n) is 20.2. The summed E-state index contributed by atoms with van der Waals surface area (Å²) in [4.78, 5) is 30.5. The van der Waals surface area contributed by atoms with Crippen molar-refractivity contribution in [2.45, 2.75) is 20.8 Å². The van der Waals surface area contributed by atoms with E-state index < -0.39 is 5.91 Å². The predicted molar refractivity (Wildman–Crippen MR) is 137 cm³/mol. The van der Waals surface area contributed by atoms with Crippen molar-refractivity contribution in [2.75, 3.05) is 35.8 Å². The average Bonchev–Trinajstić information content (AvgIpc) is 3.05. The first-order chi connectivity index (χ1) is 16.3. The molecule has 2 amide bonds. The number of rotatable bonds is 7. The van der Waals surface area contributed by atoms with Crippen LogP contribution < -0.4 is 19.9 Å². The van der Waals surface area contributed by atoms with Crippen LogP contribution in [0.3, 0.4) is 0 Å². The Bertz CT molecular complexity index is 1280. The first-order valence-electron chi connectivity index (χ1n) is 11.3. The van der Waals surface area contributed by atoms with Gasteiger partial charge in [-0.3, -0.25) is 9.59 Å². The Kier molecular flexibility index (Phi) is 6.41. The van der Waals surface area contributed by atoms with Gasteiger partial charge in [0, 0.05) is 31.5 Å². The summed E-state index contributed by atoms with van der Waals surface area (Å²) in [6.45, 7) is 6.47. The molecule has 0 aromatic heterocycles. The maximum Gasteiger partial charge on any atom is 0.282 e. The predicted octanol–water partition coefficient (Wildman–Crippen LogP) is 5.16. The highest BCUT2D eigenvalue weighted by Gasteiger charge is 2.40. The lowest BCUT2D eigenvalue weighted by molar-refractivity contribution is -0.120. The molecule has 0 atom stereocenters. The fourth-order valence-electron chi connectivity index (χ4n) is 3.92. The maximum atomic E-state index is 13.7. The largest absolute Gasteiger partial charge is 0.494 e. The van der Waals surface area contributed by atoms with Crippen LogP contribution in [0.5, 0.6) is 5.75 Å². The van der Waals surface area contributed by atoms with Crippen LogP contribution in [0.4, 0.5) is 17.1 Å². The lowest BCUT2D eigenvalue weighted by Gasteiger charge is -2.18. The van der Waals surface area contributed by atoms with Gasteiger partial charge in [0.25, 0.3) is 11.8 Å². The van der Waals surface area contributed by atoms with Crippen molar-refractivity contribution in [3.8, 4) is 5.75 Å². The van der Waals surface area contributed by atoms with Crippen molar-refractivity contribution in [3.05, 3.63) is 89.1 Å². The molecule has 0 aliphatic carbocycles. The van der Waals surface area contributed by atoms with Crippen LogP contribution in [0.25, 0.3) is 5.57 Å². The lowest BCUT2D eigenvalue weighted by Crippen LogP contribution is -2.32. The minimum absolute atomic E-state index is 0.249. The van der Waals surface area contributed by atoms with Gasteiger partial charge < -0.3 is 15.0 Å². The summed E-state index contributed by atoms with van der Waals surface area (Å²) in [6.07, 6.45) is 0. The van der Waals surface area contributed by atoms with Gasteiger partial charge in [0.05, 0.1) is 17.9 Å². The molecular formula is C28H29N3O3. The third kappa shape index (κ3) is 4.39. The highest BCUT2D eigenvalue weighted by atomic mass is 16.5. The van der Waals surface area contributed by atoms with E-state index >= 15 is 0 Å². The smallest absolute Gasteiger partial charge is 0.282 e. The van der Waals surface area contributed by atoms with E-state index in [0.29, 0.717) is 34.9 Å². The van der Waals surface area contributed by atoms with E-state index in [2.05, 4.69) is 5.32 Å². The number of nitrogens with one attached hydrogen (secondary N) is 1. The SMILES string of the molecule is CCOc1cccc(NC2=C(c3ccc(C)c(C)c3)C(=O)N(c3ccc(N(C)C)cc3)C2=O)c1. The highest BCUT2D eigenvalue weighted by Crippen LogP contribution is 2.35. The van der Waals surface area contributed by atoms with Gasteiger partial charge in [-0.15, -0.1) is 0 Å². The van der Waals surface area contributed by atoms with Crippen LogP contribution in [0.15, 0.2) is 72.4 Å². The van der Waals surface area contributed by atoms with E-state index in [9.17, 15) is 9.59 Å². The van der Waals surface area contributed by atoms with E-state index in [4.69, 9.17) is 4.74 Å². The molecule has 1 heterocycles. The van der Waals surface area contributed by atoms with Crippen molar-refractivity contribution < 1.29 is 14.3 Å². The molecule has 1 N–H and O–H groups in total. The van der Waals surface area contributed by atoms with Crippen LogP contribution in [-0.2, 0) is 9.59 Å². The monoisotopic (exact) mass is 455 g/mol. The van der Waals surface area contributed by atoms with Gasteiger partial charge in [-0.05, 0) is 73.9 Å². The molecule has 0 fully saturated rings. The third-order valence-electron chi connectivity index (χ3n) is 5.92. The number of carbonyl (C=O) groups excluding carboxylic acids is 2. The second-order valence-corrected chi connectivity index (χ2v) is 8.49. The topological polar surface area (TPSA) is 61.9 Å². The minimum Gasteiger partial charge on any atom is -0.494 e. The summed E-state index contributed by atoms with van der Waals surface area (Å²) >= 11 is 0. The maximum absolute atomic E-state index is 13.7. The second-order valence-electron chi connectivity index (χ2n) is 8.49. The highest BCUT2D eigenvalue weighted by molar-refractivity contribution is 6.46. The molecule has 34 heavy (non-hydrogen) atoms. The quantitative estimate of drug-likeness (QED) is 0.499. The van der Waals surface area contributed by atoms with E-state index in [-0.39, 0.29) is 11.6 Å². The number of amides is 2. The molecule has 0 saturated carbocycles. The first-order valence-corrected chi connectivity index (χ1v) is 11.3. The Morgan fingerprint density at radius 1 is 0.882 bits per heavy atom. The molecule has 3 aromatic carbocycles. The summed E-state index contributed by atoms with van der Waals surface area (Å²) in [7, 11) is 3.89. The molecule has 0 radical (unpaired) electrons. The van der Waals surface area contributed by atoms with Gasteiger partial charge in [0.2, 0.25) is 0 Å². The summed E-state index contributed by atoms with van der Waals surface area (Å²) in [5.41, 5.74) is 5.67. The summed E-state index contributed by atoms with van der Waals surface area (Å²) in [5, 5.41) is 3.21. The standard InChI is InChI=1S/C28H29N3O3/c1-6-34-24-9-7-8-21(17-24)29-26-25(20-11-10-18(2)19(3)16-20)27(32)31(28(26)33)23-14-12-22(13-15-23)30(4)5/h7-17,29H,6H2,1-5H3. The molecule has 0 spiro atoms. The Morgan fingerprint density at radius 3 is 2.26 bits per heavy atom. The molecule has 6 nitrogen and oxygen atoms in total. The van der Waals surface area contributed by atoms with E-state index in [1.807, 2.05) is 94.4 Å². The fourth-order valence-corrected chi connectivity index (χ4v) is 3.92.